The molecule has 0 bridgehead atoms. The van der Waals surface area contributed by atoms with Gasteiger partial charge in [0.15, 0.2) is 0 Å². The van der Waals surface area contributed by atoms with Crippen LogP contribution in [0.15, 0.2) is 42.6 Å². The van der Waals surface area contributed by atoms with Crippen molar-refractivity contribution in [2.75, 3.05) is 0 Å². The minimum absolute atomic E-state index is 0.635. The van der Waals surface area contributed by atoms with Gasteiger partial charge in [0.05, 0.1) is 0 Å². The summed E-state index contributed by atoms with van der Waals surface area (Å²) < 4.78 is 5.77. The van der Waals surface area contributed by atoms with Gasteiger partial charge in [0.25, 0.3) is 0 Å². The van der Waals surface area contributed by atoms with Gasteiger partial charge < -0.3 is 4.74 Å². The summed E-state index contributed by atoms with van der Waals surface area (Å²) in [5.41, 5.74) is 2.33. The van der Waals surface area contributed by atoms with E-state index in [0.717, 1.165) is 23.1 Å². The Hall–Kier alpha value is -1.35. The van der Waals surface area contributed by atoms with Crippen molar-refractivity contribution in [3.63, 3.8) is 0 Å². The van der Waals surface area contributed by atoms with E-state index < -0.39 is 0 Å². The van der Waals surface area contributed by atoms with Gasteiger partial charge in [-0.25, -0.2) is 4.98 Å². The molecule has 0 fully saturated rings. The number of aryl methyl sites for hydroxylation is 1. The molecule has 2 nitrogen and oxygen atoms in total. The van der Waals surface area contributed by atoms with Gasteiger partial charge in [-0.1, -0.05) is 47.1 Å². The lowest BCUT2D eigenvalue weighted by Gasteiger charge is -2.08. The highest BCUT2D eigenvalue weighted by Crippen LogP contribution is 2.24. The molecule has 0 radical (unpaired) electrons. The molecule has 88 valence electrons. The summed E-state index contributed by atoms with van der Waals surface area (Å²) in [5, 5.41) is 0.811. The van der Waals surface area contributed by atoms with Crippen molar-refractivity contribution in [1.82, 2.24) is 4.98 Å². The predicted octanol–water partition coefficient (Wildman–Crippen LogP) is 4.33. The number of hydrogen-bond donors (Lipinski definition) is 0. The molecule has 0 atom stereocenters. The van der Waals surface area contributed by atoms with Crippen molar-refractivity contribution >= 4 is 15.9 Å². The Morgan fingerprint density at radius 3 is 2.65 bits per heavy atom. The predicted molar refractivity (Wildman–Crippen MR) is 72.8 cm³/mol. The maximum absolute atomic E-state index is 5.77. The number of ether oxygens (including phenoxy) is 1. The zero-order chi connectivity index (χ0) is 12.1. The van der Waals surface area contributed by atoms with Gasteiger partial charge in [-0.15, -0.1) is 0 Å². The van der Waals surface area contributed by atoms with Crippen LogP contribution in [0.5, 0.6) is 11.6 Å². The standard InChI is InChI=1S/C14H14BrNO/c1-2-12-5-3-4-6-13(12)17-14-8-7-11(9-15)10-16-14/h3-8,10H,2,9H2,1H3. The molecule has 0 unspecified atom stereocenters. The first-order valence-corrected chi connectivity index (χ1v) is 6.72. The summed E-state index contributed by atoms with van der Waals surface area (Å²) in [6, 6.07) is 11.9. The van der Waals surface area contributed by atoms with Crippen LogP contribution in [0.4, 0.5) is 0 Å². The second-order valence-electron chi connectivity index (χ2n) is 3.70. The van der Waals surface area contributed by atoms with Crippen LogP contribution in [0.1, 0.15) is 18.1 Å². The minimum atomic E-state index is 0.635. The normalized spacial score (nSPS) is 10.2. The maximum atomic E-state index is 5.77. The SMILES string of the molecule is CCc1ccccc1Oc1ccc(CBr)cn1. The molecule has 0 spiro atoms. The second-order valence-corrected chi connectivity index (χ2v) is 4.26. The smallest absolute Gasteiger partial charge is 0.219 e. The molecule has 3 heteroatoms. The molecule has 0 aliphatic rings. The summed E-state index contributed by atoms with van der Waals surface area (Å²) >= 11 is 3.39. The summed E-state index contributed by atoms with van der Waals surface area (Å²) in [6.07, 6.45) is 2.77. The summed E-state index contributed by atoms with van der Waals surface area (Å²) in [4.78, 5) is 4.27. The fraction of sp³-hybridized carbons (Fsp3) is 0.214. The van der Waals surface area contributed by atoms with Crippen molar-refractivity contribution in [3.8, 4) is 11.6 Å². The minimum Gasteiger partial charge on any atom is -0.439 e. The van der Waals surface area contributed by atoms with Crippen LogP contribution < -0.4 is 4.74 Å². The first kappa shape index (κ1) is 12.1. The molecule has 2 rings (SSSR count). The first-order chi connectivity index (χ1) is 8.33. The van der Waals surface area contributed by atoms with Gasteiger partial charge in [-0.2, -0.15) is 0 Å². The third-order valence-electron chi connectivity index (χ3n) is 2.52. The number of alkyl halides is 1. The largest absolute Gasteiger partial charge is 0.439 e. The average molecular weight is 292 g/mol. The number of rotatable bonds is 4. The Morgan fingerprint density at radius 1 is 1.18 bits per heavy atom. The molecule has 0 saturated carbocycles. The van der Waals surface area contributed by atoms with Crippen molar-refractivity contribution in [3.05, 3.63) is 53.7 Å². The highest BCUT2D eigenvalue weighted by atomic mass is 79.9. The Morgan fingerprint density at radius 2 is 2.00 bits per heavy atom. The third kappa shape index (κ3) is 3.07. The quantitative estimate of drug-likeness (QED) is 0.782. The highest BCUT2D eigenvalue weighted by molar-refractivity contribution is 9.08. The second kappa shape index (κ2) is 5.82. The van der Waals surface area contributed by atoms with Crippen LogP contribution in [0.25, 0.3) is 0 Å². The zero-order valence-corrected chi connectivity index (χ0v) is 11.3. The van der Waals surface area contributed by atoms with Gasteiger partial charge >= 0.3 is 0 Å². The van der Waals surface area contributed by atoms with E-state index in [2.05, 4.69) is 33.9 Å². The molecular formula is C14H14BrNO. The van der Waals surface area contributed by atoms with E-state index in [1.807, 2.05) is 36.5 Å². The van der Waals surface area contributed by atoms with Crippen molar-refractivity contribution in [2.45, 2.75) is 18.7 Å². The molecule has 2 aromatic rings. The van der Waals surface area contributed by atoms with Crippen molar-refractivity contribution in [1.29, 1.82) is 0 Å². The number of pyridine rings is 1. The van der Waals surface area contributed by atoms with E-state index in [9.17, 15) is 0 Å². The molecule has 0 saturated heterocycles. The lowest BCUT2D eigenvalue weighted by atomic mass is 10.1. The van der Waals surface area contributed by atoms with Crippen LogP contribution in [0.3, 0.4) is 0 Å². The van der Waals surface area contributed by atoms with E-state index in [1.54, 1.807) is 0 Å². The van der Waals surface area contributed by atoms with E-state index in [0.29, 0.717) is 5.88 Å². The summed E-state index contributed by atoms with van der Waals surface area (Å²) in [6.45, 7) is 2.11. The van der Waals surface area contributed by atoms with E-state index in [-0.39, 0.29) is 0 Å². The van der Waals surface area contributed by atoms with Gasteiger partial charge in [0.1, 0.15) is 5.75 Å². The highest BCUT2D eigenvalue weighted by Gasteiger charge is 2.03. The molecule has 0 amide bonds. The summed E-state index contributed by atoms with van der Waals surface area (Å²) in [7, 11) is 0. The molecule has 1 aromatic carbocycles. The van der Waals surface area contributed by atoms with E-state index in [4.69, 9.17) is 4.74 Å². The van der Waals surface area contributed by atoms with Crippen LogP contribution in [0.2, 0.25) is 0 Å². The Labute approximate surface area is 110 Å². The number of hydrogen-bond acceptors (Lipinski definition) is 2. The van der Waals surface area contributed by atoms with Crippen molar-refractivity contribution < 1.29 is 4.74 Å². The number of halogens is 1. The summed E-state index contributed by atoms with van der Waals surface area (Å²) in [5.74, 6) is 1.52. The number of aromatic nitrogens is 1. The van der Waals surface area contributed by atoms with Crippen molar-refractivity contribution in [2.24, 2.45) is 0 Å². The molecule has 1 aromatic heterocycles. The van der Waals surface area contributed by atoms with Crippen LogP contribution in [-0.4, -0.2) is 4.98 Å². The fourth-order valence-electron chi connectivity index (χ4n) is 1.56. The van der Waals surface area contributed by atoms with Crippen LogP contribution in [0, 0.1) is 0 Å². The lowest BCUT2D eigenvalue weighted by Crippen LogP contribution is -1.92. The molecule has 0 N–H and O–H groups in total. The van der Waals surface area contributed by atoms with Crippen LogP contribution in [-0.2, 0) is 11.8 Å². The third-order valence-corrected chi connectivity index (χ3v) is 3.17. The zero-order valence-electron chi connectivity index (χ0n) is 9.69. The molecule has 1 heterocycles. The van der Waals surface area contributed by atoms with Gasteiger partial charge in [0, 0.05) is 17.6 Å². The average Bonchev–Trinajstić information content (AvgIpc) is 2.40. The Bertz CT molecular complexity index is 482. The molecule has 0 aliphatic carbocycles. The number of benzene rings is 1. The molecular weight excluding hydrogens is 278 g/mol. The topological polar surface area (TPSA) is 22.1 Å². The monoisotopic (exact) mass is 291 g/mol. The van der Waals surface area contributed by atoms with Gasteiger partial charge in [-0.3, -0.25) is 0 Å². The molecule has 0 aliphatic heterocycles. The Balaban J connectivity index is 2.19. The van der Waals surface area contributed by atoms with Gasteiger partial charge in [0.2, 0.25) is 5.88 Å². The first-order valence-electron chi connectivity index (χ1n) is 5.60. The number of nitrogens with zero attached hydrogens (tertiary/aromatic N) is 1. The van der Waals surface area contributed by atoms with Crippen LogP contribution >= 0.6 is 15.9 Å². The molecule has 17 heavy (non-hydrogen) atoms. The fourth-order valence-corrected chi connectivity index (χ4v) is 1.89. The van der Waals surface area contributed by atoms with E-state index >= 15 is 0 Å². The van der Waals surface area contributed by atoms with Gasteiger partial charge in [-0.05, 0) is 23.6 Å². The van der Waals surface area contributed by atoms with E-state index in [1.165, 1.54) is 5.56 Å². The maximum Gasteiger partial charge on any atom is 0.219 e. The Kier molecular flexibility index (Phi) is 4.15. The number of para-hydroxylation sites is 1. The lowest BCUT2D eigenvalue weighted by molar-refractivity contribution is 0.457.